The molecule has 0 unspecified atom stereocenters. The Morgan fingerprint density at radius 3 is 2.67 bits per heavy atom. The third-order valence-electron chi connectivity index (χ3n) is 2.74. The number of aryl methyl sites for hydroxylation is 1. The quantitative estimate of drug-likeness (QED) is 0.890. The van der Waals surface area contributed by atoms with Crippen LogP contribution in [-0.2, 0) is 0 Å². The van der Waals surface area contributed by atoms with Crippen LogP contribution in [0.25, 0.3) is 0 Å². The van der Waals surface area contributed by atoms with E-state index in [9.17, 15) is 9.90 Å². The van der Waals surface area contributed by atoms with Crippen molar-refractivity contribution in [3.05, 3.63) is 45.8 Å². The summed E-state index contributed by atoms with van der Waals surface area (Å²) in [6, 6.07) is 5.08. The minimum absolute atomic E-state index is 0.194. The molecule has 0 saturated heterocycles. The van der Waals surface area contributed by atoms with Gasteiger partial charge in [-0.05, 0) is 47.5 Å². The lowest BCUT2D eigenvalue weighted by molar-refractivity contribution is 0.102. The molecule has 94 valence electrons. The van der Waals surface area contributed by atoms with Crippen LogP contribution in [0.4, 0.5) is 5.69 Å². The summed E-state index contributed by atoms with van der Waals surface area (Å²) >= 11 is 3.15. The van der Waals surface area contributed by atoms with Crippen molar-refractivity contribution in [2.24, 2.45) is 0 Å². The number of amides is 1. The van der Waals surface area contributed by atoms with Gasteiger partial charge in [0.25, 0.3) is 5.91 Å². The zero-order valence-corrected chi connectivity index (χ0v) is 11.5. The number of phenolic OH excluding ortho intramolecular Hbond substituents is 1. The number of aromatic hydroxyl groups is 1. The molecule has 1 aromatic heterocycles. The molecule has 0 aliphatic heterocycles. The van der Waals surface area contributed by atoms with Gasteiger partial charge >= 0.3 is 0 Å². The third-order valence-corrected chi connectivity index (χ3v) is 3.36. The summed E-state index contributed by atoms with van der Waals surface area (Å²) < 4.78 is 5.39. The number of anilines is 1. The number of nitrogens with one attached hydrogen (secondary N) is 1. The van der Waals surface area contributed by atoms with Crippen LogP contribution in [0.1, 0.15) is 21.5 Å². The number of carbonyl (C=O) groups excluding carboxylic acids is 1. The maximum absolute atomic E-state index is 12.0. The van der Waals surface area contributed by atoms with E-state index in [2.05, 4.69) is 21.2 Å². The first-order valence-electron chi connectivity index (χ1n) is 5.34. The fourth-order valence-corrected chi connectivity index (χ4v) is 2.04. The molecule has 0 aliphatic carbocycles. The van der Waals surface area contributed by atoms with Crippen molar-refractivity contribution in [2.75, 3.05) is 5.32 Å². The lowest BCUT2D eigenvalue weighted by atomic mass is 10.1. The molecule has 2 N–H and O–H groups in total. The topological polar surface area (TPSA) is 62.5 Å². The summed E-state index contributed by atoms with van der Waals surface area (Å²) in [7, 11) is 0. The van der Waals surface area contributed by atoms with E-state index in [0.29, 0.717) is 21.5 Å². The predicted molar refractivity (Wildman–Crippen MR) is 71.9 cm³/mol. The summed E-state index contributed by atoms with van der Waals surface area (Å²) in [5.41, 5.74) is 2.41. The van der Waals surface area contributed by atoms with Crippen LogP contribution < -0.4 is 5.32 Å². The standard InChI is InChI=1S/C13H12BrNO3/c1-7-3-4-10(8(2)11(7)16)15-13(17)9-5-6-18-12(9)14/h3-6,16H,1-2H3,(H,15,17). The van der Waals surface area contributed by atoms with E-state index < -0.39 is 0 Å². The van der Waals surface area contributed by atoms with Crippen LogP contribution in [0, 0.1) is 13.8 Å². The van der Waals surface area contributed by atoms with Crippen molar-refractivity contribution in [2.45, 2.75) is 13.8 Å². The van der Waals surface area contributed by atoms with Gasteiger partial charge in [-0.15, -0.1) is 0 Å². The molecule has 1 amide bonds. The van der Waals surface area contributed by atoms with Crippen molar-refractivity contribution in [3.63, 3.8) is 0 Å². The molecular formula is C13H12BrNO3. The van der Waals surface area contributed by atoms with E-state index in [1.54, 1.807) is 32.0 Å². The van der Waals surface area contributed by atoms with Crippen molar-refractivity contribution >= 4 is 27.5 Å². The van der Waals surface area contributed by atoms with E-state index in [0.717, 1.165) is 5.56 Å². The maximum Gasteiger partial charge on any atom is 0.260 e. The molecular weight excluding hydrogens is 298 g/mol. The Morgan fingerprint density at radius 1 is 1.33 bits per heavy atom. The third kappa shape index (κ3) is 2.26. The molecule has 0 saturated carbocycles. The number of rotatable bonds is 2. The zero-order chi connectivity index (χ0) is 13.3. The summed E-state index contributed by atoms with van der Waals surface area (Å²) in [5.74, 6) is -0.0963. The average molecular weight is 310 g/mol. The van der Waals surface area contributed by atoms with Crippen LogP contribution in [0.2, 0.25) is 0 Å². The van der Waals surface area contributed by atoms with Crippen LogP contribution in [0.15, 0.2) is 33.5 Å². The van der Waals surface area contributed by atoms with Gasteiger partial charge in [-0.25, -0.2) is 0 Å². The van der Waals surface area contributed by atoms with Gasteiger partial charge in [0, 0.05) is 11.3 Å². The van der Waals surface area contributed by atoms with Crippen LogP contribution in [0.3, 0.4) is 0 Å². The molecule has 18 heavy (non-hydrogen) atoms. The second-order valence-electron chi connectivity index (χ2n) is 3.97. The predicted octanol–water partition coefficient (Wildman–Crippen LogP) is 3.62. The summed E-state index contributed by atoms with van der Waals surface area (Å²) in [5, 5.41) is 12.5. The number of furan rings is 1. The molecule has 0 spiro atoms. The lowest BCUT2D eigenvalue weighted by Gasteiger charge is -2.10. The van der Waals surface area contributed by atoms with E-state index in [1.807, 2.05) is 0 Å². The second-order valence-corrected chi connectivity index (χ2v) is 4.69. The number of hydrogen-bond donors (Lipinski definition) is 2. The van der Waals surface area contributed by atoms with Gasteiger partial charge in [0.15, 0.2) is 4.67 Å². The Labute approximate surface area is 113 Å². The number of halogens is 1. The Bertz CT molecular complexity index is 604. The van der Waals surface area contributed by atoms with E-state index in [-0.39, 0.29) is 11.7 Å². The Morgan fingerprint density at radius 2 is 2.06 bits per heavy atom. The Balaban J connectivity index is 2.28. The van der Waals surface area contributed by atoms with Crippen molar-refractivity contribution < 1.29 is 14.3 Å². The van der Waals surface area contributed by atoms with Gasteiger partial charge in [-0.2, -0.15) is 0 Å². The number of hydrogen-bond acceptors (Lipinski definition) is 3. The first kappa shape index (κ1) is 12.7. The van der Waals surface area contributed by atoms with Gasteiger partial charge in [0.05, 0.1) is 11.8 Å². The van der Waals surface area contributed by atoms with Crippen molar-refractivity contribution in [1.82, 2.24) is 0 Å². The highest BCUT2D eigenvalue weighted by atomic mass is 79.9. The highest BCUT2D eigenvalue weighted by molar-refractivity contribution is 9.10. The fraction of sp³-hybridized carbons (Fsp3) is 0.154. The molecule has 1 aromatic carbocycles. The van der Waals surface area contributed by atoms with Crippen molar-refractivity contribution in [1.29, 1.82) is 0 Å². The number of carbonyl (C=O) groups is 1. The Hall–Kier alpha value is -1.75. The Kier molecular flexibility index (Phi) is 3.43. The molecule has 0 aliphatic rings. The van der Waals surface area contributed by atoms with Gasteiger partial charge in [0.2, 0.25) is 0 Å². The monoisotopic (exact) mass is 309 g/mol. The van der Waals surface area contributed by atoms with E-state index >= 15 is 0 Å². The van der Waals surface area contributed by atoms with Crippen LogP contribution >= 0.6 is 15.9 Å². The number of phenols is 1. The smallest absolute Gasteiger partial charge is 0.260 e. The SMILES string of the molecule is Cc1ccc(NC(=O)c2ccoc2Br)c(C)c1O. The molecule has 0 bridgehead atoms. The van der Waals surface area contributed by atoms with Crippen molar-refractivity contribution in [3.8, 4) is 5.75 Å². The highest BCUT2D eigenvalue weighted by Crippen LogP contribution is 2.29. The normalized spacial score (nSPS) is 10.4. The van der Waals surface area contributed by atoms with Gasteiger partial charge in [-0.1, -0.05) is 6.07 Å². The molecule has 2 rings (SSSR count). The maximum atomic E-state index is 12.0. The first-order chi connectivity index (χ1) is 8.50. The summed E-state index contributed by atoms with van der Waals surface area (Å²) in [4.78, 5) is 12.0. The average Bonchev–Trinajstić information content (AvgIpc) is 2.76. The minimum Gasteiger partial charge on any atom is -0.507 e. The van der Waals surface area contributed by atoms with Crippen LogP contribution in [0.5, 0.6) is 5.75 Å². The van der Waals surface area contributed by atoms with E-state index in [1.165, 1.54) is 6.26 Å². The van der Waals surface area contributed by atoms with Gasteiger partial charge in [-0.3, -0.25) is 4.79 Å². The summed E-state index contributed by atoms with van der Waals surface area (Å²) in [6.45, 7) is 3.56. The van der Waals surface area contributed by atoms with Gasteiger partial charge < -0.3 is 14.8 Å². The second kappa shape index (κ2) is 4.86. The number of benzene rings is 1. The largest absolute Gasteiger partial charge is 0.507 e. The zero-order valence-electron chi connectivity index (χ0n) is 9.95. The molecule has 4 nitrogen and oxygen atoms in total. The first-order valence-corrected chi connectivity index (χ1v) is 6.13. The lowest BCUT2D eigenvalue weighted by Crippen LogP contribution is -2.12. The van der Waals surface area contributed by atoms with E-state index in [4.69, 9.17) is 4.42 Å². The minimum atomic E-state index is -0.290. The summed E-state index contributed by atoms with van der Waals surface area (Å²) in [6.07, 6.45) is 1.43. The molecule has 1 heterocycles. The van der Waals surface area contributed by atoms with Crippen LogP contribution in [-0.4, -0.2) is 11.0 Å². The molecule has 0 atom stereocenters. The van der Waals surface area contributed by atoms with Gasteiger partial charge in [0.1, 0.15) is 5.75 Å². The highest BCUT2D eigenvalue weighted by Gasteiger charge is 2.15. The fourth-order valence-electron chi connectivity index (χ4n) is 1.62. The molecule has 5 heteroatoms. The molecule has 2 aromatic rings. The molecule has 0 fully saturated rings. The molecule has 0 radical (unpaired) electrons.